The highest BCUT2D eigenvalue weighted by molar-refractivity contribution is 6.30. The Morgan fingerprint density at radius 1 is 1.05 bits per heavy atom. The number of nitrogens with one attached hydrogen (secondary N) is 1. The minimum atomic E-state index is 0.202. The van der Waals surface area contributed by atoms with Crippen molar-refractivity contribution in [1.29, 1.82) is 0 Å². The molecule has 2 aromatic rings. The van der Waals surface area contributed by atoms with Crippen LogP contribution in [0.5, 0.6) is 0 Å². The zero-order chi connectivity index (χ0) is 15.4. The zero-order valence-electron chi connectivity index (χ0n) is 13.3. The second-order valence-electron chi connectivity index (χ2n) is 5.70. The molecule has 0 spiro atoms. The maximum absolute atomic E-state index is 6.06. The summed E-state index contributed by atoms with van der Waals surface area (Å²) in [5.41, 5.74) is 5.19. The minimum absolute atomic E-state index is 0.202. The van der Waals surface area contributed by atoms with Crippen molar-refractivity contribution in [3.63, 3.8) is 0 Å². The van der Waals surface area contributed by atoms with Gasteiger partial charge in [0.05, 0.1) is 6.04 Å². The molecule has 2 rings (SSSR count). The average molecular weight is 302 g/mol. The molecule has 2 aromatic carbocycles. The van der Waals surface area contributed by atoms with Gasteiger partial charge in [0.25, 0.3) is 0 Å². The van der Waals surface area contributed by atoms with Crippen molar-refractivity contribution >= 4 is 11.6 Å². The van der Waals surface area contributed by atoms with Crippen LogP contribution in [0.15, 0.2) is 42.5 Å². The van der Waals surface area contributed by atoms with E-state index in [1.165, 1.54) is 28.7 Å². The maximum atomic E-state index is 6.06. The first-order chi connectivity index (χ1) is 10.1. The van der Waals surface area contributed by atoms with Gasteiger partial charge in [-0.25, -0.2) is 0 Å². The van der Waals surface area contributed by atoms with Crippen LogP contribution in [0.3, 0.4) is 0 Å². The van der Waals surface area contributed by atoms with Crippen molar-refractivity contribution in [1.82, 2.24) is 5.32 Å². The Kier molecular flexibility index (Phi) is 5.44. The summed E-state index contributed by atoms with van der Waals surface area (Å²) in [4.78, 5) is 0. The largest absolute Gasteiger partial charge is 0.309 e. The van der Waals surface area contributed by atoms with Gasteiger partial charge in [-0.05, 0) is 60.7 Å². The highest BCUT2D eigenvalue weighted by Crippen LogP contribution is 2.28. The number of rotatable bonds is 5. The van der Waals surface area contributed by atoms with E-state index in [1.807, 2.05) is 19.2 Å². The molecule has 2 heteroatoms. The van der Waals surface area contributed by atoms with Gasteiger partial charge in [-0.15, -0.1) is 0 Å². The molecule has 112 valence electrons. The monoisotopic (exact) mass is 301 g/mol. The van der Waals surface area contributed by atoms with Gasteiger partial charge in [0.2, 0.25) is 0 Å². The molecule has 2 atom stereocenters. The van der Waals surface area contributed by atoms with Crippen LogP contribution in [0.2, 0.25) is 5.02 Å². The van der Waals surface area contributed by atoms with E-state index < -0.39 is 0 Å². The van der Waals surface area contributed by atoms with Crippen LogP contribution in [0.4, 0.5) is 0 Å². The molecule has 0 aromatic heterocycles. The van der Waals surface area contributed by atoms with E-state index in [-0.39, 0.29) is 6.04 Å². The van der Waals surface area contributed by atoms with Gasteiger partial charge in [-0.2, -0.15) is 0 Å². The van der Waals surface area contributed by atoms with E-state index in [9.17, 15) is 0 Å². The van der Waals surface area contributed by atoms with Crippen molar-refractivity contribution in [2.75, 3.05) is 7.05 Å². The topological polar surface area (TPSA) is 12.0 Å². The molecule has 0 fully saturated rings. The molecule has 1 nitrogen and oxygen atoms in total. The smallest absolute Gasteiger partial charge is 0.0576 e. The normalized spacial score (nSPS) is 14.0. The summed E-state index contributed by atoms with van der Waals surface area (Å²) in [6, 6.07) is 15.3. The molecule has 0 bridgehead atoms. The first-order valence-electron chi connectivity index (χ1n) is 7.60. The summed E-state index contributed by atoms with van der Waals surface area (Å²) in [7, 11) is 2.00. The molecule has 0 heterocycles. The summed E-state index contributed by atoms with van der Waals surface area (Å²) in [5, 5.41) is 4.20. The molecular formula is C19H24ClN. The lowest BCUT2D eigenvalue weighted by Gasteiger charge is -2.20. The third-order valence-electron chi connectivity index (χ3n) is 4.28. The first-order valence-corrected chi connectivity index (χ1v) is 7.97. The van der Waals surface area contributed by atoms with Crippen LogP contribution in [0.1, 0.15) is 54.5 Å². The second kappa shape index (κ2) is 7.11. The third kappa shape index (κ3) is 3.66. The Morgan fingerprint density at radius 3 is 2.19 bits per heavy atom. The van der Waals surface area contributed by atoms with Gasteiger partial charge < -0.3 is 5.32 Å². The molecule has 2 unspecified atom stereocenters. The molecule has 0 aliphatic carbocycles. The predicted octanol–water partition coefficient (Wildman–Crippen LogP) is 5.47. The molecule has 0 saturated heterocycles. The average Bonchev–Trinajstić information content (AvgIpc) is 2.50. The van der Waals surface area contributed by atoms with Crippen LogP contribution >= 0.6 is 11.6 Å². The molecule has 0 radical (unpaired) electrons. The fourth-order valence-electron chi connectivity index (χ4n) is 2.72. The van der Waals surface area contributed by atoms with Gasteiger partial charge in [-0.1, -0.05) is 55.8 Å². The first kappa shape index (κ1) is 16.1. The molecule has 0 amide bonds. The highest BCUT2D eigenvalue weighted by atomic mass is 35.5. The quantitative estimate of drug-likeness (QED) is 0.772. The summed E-state index contributed by atoms with van der Waals surface area (Å²) < 4.78 is 0. The zero-order valence-corrected chi connectivity index (χ0v) is 14.0. The predicted molar refractivity (Wildman–Crippen MR) is 92.2 cm³/mol. The standard InChI is InChI=1S/C19H24ClN/c1-5-13(2)15-6-8-16(9-7-15)19(21-4)18-11-10-17(20)12-14(18)3/h6-13,19,21H,5H2,1-4H3. The molecular weight excluding hydrogens is 278 g/mol. The lowest BCUT2D eigenvalue weighted by molar-refractivity contribution is 0.684. The van der Waals surface area contributed by atoms with E-state index in [2.05, 4.69) is 56.4 Å². The molecule has 0 saturated carbocycles. The van der Waals surface area contributed by atoms with Gasteiger partial charge in [0.15, 0.2) is 0 Å². The minimum Gasteiger partial charge on any atom is -0.309 e. The number of hydrogen-bond acceptors (Lipinski definition) is 1. The van der Waals surface area contributed by atoms with E-state index in [4.69, 9.17) is 11.6 Å². The highest BCUT2D eigenvalue weighted by Gasteiger charge is 2.14. The van der Waals surface area contributed by atoms with Crippen LogP contribution in [-0.4, -0.2) is 7.05 Å². The summed E-state index contributed by atoms with van der Waals surface area (Å²) in [6.45, 7) is 6.61. The van der Waals surface area contributed by atoms with Crippen molar-refractivity contribution in [2.24, 2.45) is 0 Å². The van der Waals surface area contributed by atoms with Gasteiger partial charge >= 0.3 is 0 Å². The molecule has 0 aliphatic heterocycles. The van der Waals surface area contributed by atoms with Crippen molar-refractivity contribution in [2.45, 2.75) is 39.2 Å². The third-order valence-corrected chi connectivity index (χ3v) is 4.52. The van der Waals surface area contributed by atoms with Crippen molar-refractivity contribution in [3.05, 3.63) is 69.7 Å². The summed E-state index contributed by atoms with van der Waals surface area (Å²) in [5.74, 6) is 0.615. The van der Waals surface area contributed by atoms with Crippen molar-refractivity contribution < 1.29 is 0 Å². The van der Waals surface area contributed by atoms with E-state index in [1.54, 1.807) is 0 Å². The van der Waals surface area contributed by atoms with Crippen LogP contribution in [-0.2, 0) is 0 Å². The number of halogens is 1. The van der Waals surface area contributed by atoms with Crippen LogP contribution < -0.4 is 5.32 Å². The second-order valence-corrected chi connectivity index (χ2v) is 6.13. The Balaban J connectivity index is 2.33. The van der Waals surface area contributed by atoms with E-state index >= 15 is 0 Å². The number of benzene rings is 2. The van der Waals surface area contributed by atoms with Crippen LogP contribution in [0.25, 0.3) is 0 Å². The Morgan fingerprint density at radius 2 is 1.67 bits per heavy atom. The fourth-order valence-corrected chi connectivity index (χ4v) is 2.94. The van der Waals surface area contributed by atoms with E-state index in [0.29, 0.717) is 5.92 Å². The Hall–Kier alpha value is -1.31. The Labute approximate surface area is 133 Å². The Bertz CT molecular complexity index is 589. The van der Waals surface area contributed by atoms with Gasteiger partial charge in [-0.3, -0.25) is 0 Å². The molecule has 0 aliphatic rings. The summed E-state index contributed by atoms with van der Waals surface area (Å²) >= 11 is 6.06. The molecule has 21 heavy (non-hydrogen) atoms. The fraction of sp³-hybridized carbons (Fsp3) is 0.368. The number of hydrogen-bond donors (Lipinski definition) is 1. The van der Waals surface area contributed by atoms with Gasteiger partial charge in [0, 0.05) is 5.02 Å². The number of aryl methyl sites for hydroxylation is 1. The van der Waals surface area contributed by atoms with Gasteiger partial charge in [0.1, 0.15) is 0 Å². The van der Waals surface area contributed by atoms with E-state index in [0.717, 1.165) is 5.02 Å². The lowest BCUT2D eigenvalue weighted by atomic mass is 9.92. The van der Waals surface area contributed by atoms with Crippen molar-refractivity contribution in [3.8, 4) is 0 Å². The maximum Gasteiger partial charge on any atom is 0.0576 e. The molecule has 1 N–H and O–H groups in total. The van der Waals surface area contributed by atoms with Crippen LogP contribution in [0, 0.1) is 6.92 Å². The summed E-state index contributed by atoms with van der Waals surface area (Å²) in [6.07, 6.45) is 1.17. The lowest BCUT2D eigenvalue weighted by Crippen LogP contribution is -2.18. The SMILES string of the molecule is CCC(C)c1ccc(C(NC)c2ccc(Cl)cc2C)cc1.